The Morgan fingerprint density at radius 2 is 2.25 bits per heavy atom. The highest BCUT2D eigenvalue weighted by Gasteiger charge is 2.08. The van der Waals surface area contributed by atoms with Crippen LogP contribution in [0.3, 0.4) is 0 Å². The summed E-state index contributed by atoms with van der Waals surface area (Å²) in [4.78, 5) is 0.499. The molecule has 0 saturated heterocycles. The number of hydrogen-bond donors (Lipinski definition) is 2. The smallest absolute Gasteiger partial charge is 0.164 e. The monoisotopic (exact) mass is 199 g/mol. The van der Waals surface area contributed by atoms with Gasteiger partial charge in [-0.3, -0.25) is 0 Å². The van der Waals surface area contributed by atoms with Crippen LogP contribution in [0.2, 0.25) is 0 Å². The molecule has 0 saturated carbocycles. The molecule has 0 spiro atoms. The summed E-state index contributed by atoms with van der Waals surface area (Å²) in [6.07, 6.45) is 0. The lowest BCUT2D eigenvalue weighted by atomic mass is 10.2. The number of halogens is 1. The molecule has 0 atom stereocenters. The molecule has 0 bridgehead atoms. The Morgan fingerprint density at radius 1 is 1.50 bits per heavy atom. The van der Waals surface area contributed by atoms with Gasteiger partial charge in [0.2, 0.25) is 0 Å². The quantitative estimate of drug-likeness (QED) is 0.495. The fourth-order valence-electron chi connectivity index (χ4n) is 1.07. The van der Waals surface area contributed by atoms with E-state index in [1.165, 1.54) is 11.3 Å². The van der Waals surface area contributed by atoms with E-state index in [-0.39, 0.29) is 11.5 Å². The van der Waals surface area contributed by atoms with Gasteiger partial charge in [0.15, 0.2) is 5.82 Å². The molecule has 2 N–H and O–H groups in total. The molecule has 4 heteroatoms. The second-order valence-corrected chi connectivity index (χ2v) is 3.86. The van der Waals surface area contributed by atoms with E-state index in [0.717, 1.165) is 5.39 Å². The fraction of sp³-hybridized carbons (Fsp3) is 0. The van der Waals surface area contributed by atoms with Gasteiger partial charge in [-0.2, -0.15) is 0 Å². The molecule has 0 aliphatic heterocycles. The van der Waals surface area contributed by atoms with Gasteiger partial charge < -0.3 is 5.73 Å². The molecular weight excluding hydrogens is 193 g/mol. The molecule has 0 amide bonds. The number of anilines is 1. The van der Waals surface area contributed by atoms with Crippen molar-refractivity contribution < 1.29 is 4.39 Å². The number of fused-ring (bicyclic) bond motifs is 1. The first-order valence-corrected chi connectivity index (χ1v) is 4.67. The Balaban J connectivity index is 2.94. The van der Waals surface area contributed by atoms with E-state index in [4.69, 9.17) is 5.73 Å². The lowest BCUT2D eigenvalue weighted by Crippen LogP contribution is -1.91. The van der Waals surface area contributed by atoms with Crippen LogP contribution in [-0.4, -0.2) is 0 Å². The molecule has 1 aromatic heterocycles. The second kappa shape index (κ2) is 2.64. The summed E-state index contributed by atoms with van der Waals surface area (Å²) in [5.74, 6) is -0.354. The first-order valence-electron chi connectivity index (χ1n) is 3.34. The average Bonchev–Trinajstić information content (AvgIpc) is 2.48. The number of nitrogens with two attached hydrogens (primary N) is 1. The molecule has 2 rings (SSSR count). The minimum absolute atomic E-state index is 0.133. The molecular formula is C8H6FNS2. The largest absolute Gasteiger partial charge is 0.395 e. The second-order valence-electron chi connectivity index (χ2n) is 2.46. The molecule has 0 fully saturated rings. The molecule has 0 aliphatic carbocycles. The van der Waals surface area contributed by atoms with E-state index in [1.54, 1.807) is 6.07 Å². The maximum Gasteiger partial charge on any atom is 0.164 e. The van der Waals surface area contributed by atoms with E-state index in [0.29, 0.717) is 9.60 Å². The lowest BCUT2D eigenvalue weighted by molar-refractivity contribution is 0.643. The Bertz CT molecular complexity index is 436. The number of benzene rings is 1. The molecule has 62 valence electrons. The summed E-state index contributed by atoms with van der Waals surface area (Å²) in [5.41, 5.74) is 5.60. The zero-order valence-electron chi connectivity index (χ0n) is 6.04. The van der Waals surface area contributed by atoms with Gasteiger partial charge in [-0.25, -0.2) is 4.39 Å². The van der Waals surface area contributed by atoms with Crippen LogP contribution < -0.4 is 5.73 Å². The topological polar surface area (TPSA) is 26.0 Å². The van der Waals surface area contributed by atoms with E-state index in [1.807, 2.05) is 11.4 Å². The van der Waals surface area contributed by atoms with Gasteiger partial charge in [0.1, 0.15) is 0 Å². The number of thiophene rings is 1. The average molecular weight is 199 g/mol. The molecule has 1 nitrogen and oxygen atoms in total. The third-order valence-corrected chi connectivity index (χ3v) is 2.99. The predicted octanol–water partition coefficient (Wildman–Crippen LogP) is 2.91. The van der Waals surface area contributed by atoms with E-state index in [2.05, 4.69) is 12.6 Å². The first kappa shape index (κ1) is 7.89. The summed E-state index contributed by atoms with van der Waals surface area (Å²) in [7, 11) is 0. The fourth-order valence-corrected chi connectivity index (χ4v) is 2.14. The van der Waals surface area contributed by atoms with Crippen LogP contribution in [-0.2, 0) is 0 Å². The molecule has 0 unspecified atom stereocenters. The third kappa shape index (κ3) is 0.990. The molecule has 2 aromatic rings. The molecule has 0 radical (unpaired) electrons. The number of thiol groups is 1. The maximum absolute atomic E-state index is 13.3. The highest BCUT2D eigenvalue weighted by molar-refractivity contribution is 7.80. The van der Waals surface area contributed by atoms with Crippen molar-refractivity contribution in [2.24, 2.45) is 0 Å². The normalized spacial score (nSPS) is 10.8. The van der Waals surface area contributed by atoms with Crippen molar-refractivity contribution in [1.29, 1.82) is 0 Å². The van der Waals surface area contributed by atoms with E-state index in [9.17, 15) is 4.39 Å². The van der Waals surface area contributed by atoms with Crippen LogP contribution in [0.1, 0.15) is 0 Å². The van der Waals surface area contributed by atoms with Gasteiger partial charge in [-0.05, 0) is 22.9 Å². The van der Waals surface area contributed by atoms with Crippen LogP contribution >= 0.6 is 24.0 Å². The Labute approximate surface area is 78.4 Å². The standard InChI is InChI=1S/C8H6FNS2/c9-6-7(10)5(11)3-4-1-2-12-8(4)6/h1-3,11H,10H2. The van der Waals surface area contributed by atoms with Crippen LogP contribution in [0.4, 0.5) is 10.1 Å². The van der Waals surface area contributed by atoms with Crippen molar-refractivity contribution in [3.8, 4) is 0 Å². The summed E-state index contributed by atoms with van der Waals surface area (Å²) in [6, 6.07) is 3.62. The zero-order valence-corrected chi connectivity index (χ0v) is 7.75. The Kier molecular flexibility index (Phi) is 1.73. The van der Waals surface area contributed by atoms with Crippen LogP contribution in [0.15, 0.2) is 22.4 Å². The van der Waals surface area contributed by atoms with Gasteiger partial charge in [-0.1, -0.05) is 0 Å². The van der Waals surface area contributed by atoms with Crippen LogP contribution in [0.5, 0.6) is 0 Å². The van der Waals surface area contributed by atoms with Crippen molar-refractivity contribution in [1.82, 2.24) is 0 Å². The van der Waals surface area contributed by atoms with Crippen molar-refractivity contribution in [3.63, 3.8) is 0 Å². The van der Waals surface area contributed by atoms with Crippen LogP contribution in [0, 0.1) is 5.82 Å². The minimum Gasteiger partial charge on any atom is -0.395 e. The lowest BCUT2D eigenvalue weighted by Gasteiger charge is -2.00. The van der Waals surface area contributed by atoms with Crippen molar-refractivity contribution in [3.05, 3.63) is 23.3 Å². The summed E-state index contributed by atoms with van der Waals surface area (Å²) >= 11 is 5.41. The predicted molar refractivity (Wildman–Crippen MR) is 53.4 cm³/mol. The van der Waals surface area contributed by atoms with Crippen molar-refractivity contribution in [2.45, 2.75) is 4.90 Å². The van der Waals surface area contributed by atoms with Gasteiger partial charge in [0.05, 0.1) is 10.4 Å². The molecule has 0 aliphatic rings. The third-order valence-electron chi connectivity index (χ3n) is 1.70. The van der Waals surface area contributed by atoms with E-state index < -0.39 is 0 Å². The van der Waals surface area contributed by atoms with Crippen molar-refractivity contribution in [2.75, 3.05) is 5.73 Å². The van der Waals surface area contributed by atoms with Gasteiger partial charge in [-0.15, -0.1) is 24.0 Å². The number of nitrogen functional groups attached to an aromatic ring is 1. The maximum atomic E-state index is 13.3. The Morgan fingerprint density at radius 3 is 3.00 bits per heavy atom. The number of rotatable bonds is 0. The number of hydrogen-bond acceptors (Lipinski definition) is 3. The Hall–Kier alpha value is -0.740. The van der Waals surface area contributed by atoms with Gasteiger partial charge >= 0.3 is 0 Å². The highest BCUT2D eigenvalue weighted by Crippen LogP contribution is 2.31. The molecule has 1 aromatic carbocycles. The van der Waals surface area contributed by atoms with Crippen molar-refractivity contribution >= 4 is 39.7 Å². The summed E-state index contributed by atoms with van der Waals surface area (Å²) in [6.45, 7) is 0. The van der Waals surface area contributed by atoms with Gasteiger partial charge in [0.25, 0.3) is 0 Å². The molecule has 12 heavy (non-hydrogen) atoms. The molecule has 1 heterocycles. The first-order chi connectivity index (χ1) is 5.70. The van der Waals surface area contributed by atoms with Gasteiger partial charge in [0, 0.05) is 4.90 Å². The summed E-state index contributed by atoms with van der Waals surface area (Å²) in [5, 5.41) is 2.69. The van der Waals surface area contributed by atoms with E-state index >= 15 is 0 Å². The highest BCUT2D eigenvalue weighted by atomic mass is 32.1. The van der Waals surface area contributed by atoms with Crippen LogP contribution in [0.25, 0.3) is 10.1 Å². The zero-order chi connectivity index (χ0) is 8.72. The summed E-state index contributed by atoms with van der Waals surface area (Å²) < 4.78 is 13.9. The SMILES string of the molecule is Nc1c(S)cc2ccsc2c1F. The minimum atomic E-state index is -0.354.